The van der Waals surface area contributed by atoms with E-state index in [1.54, 1.807) is 36.4 Å². The summed E-state index contributed by atoms with van der Waals surface area (Å²) < 4.78 is 5.70. The molecule has 1 aliphatic rings. The van der Waals surface area contributed by atoms with Crippen LogP contribution in [-0.4, -0.2) is 44.0 Å². The number of carbonyl (C=O) groups excluding carboxylic acids is 1. The van der Waals surface area contributed by atoms with Crippen LogP contribution in [-0.2, 0) is 0 Å². The van der Waals surface area contributed by atoms with Crippen LogP contribution in [0.2, 0.25) is 15.1 Å². The van der Waals surface area contributed by atoms with Crippen LogP contribution < -0.4 is 10.2 Å². The van der Waals surface area contributed by atoms with Crippen molar-refractivity contribution in [1.29, 1.82) is 0 Å². The Labute approximate surface area is 190 Å². The van der Waals surface area contributed by atoms with E-state index in [1.807, 2.05) is 12.1 Å². The van der Waals surface area contributed by atoms with Gasteiger partial charge in [0.15, 0.2) is 5.76 Å². The largest absolute Gasteiger partial charge is 0.451 e. The van der Waals surface area contributed by atoms with E-state index in [-0.39, 0.29) is 11.7 Å². The van der Waals surface area contributed by atoms with Gasteiger partial charge in [-0.15, -0.1) is 0 Å². The molecule has 2 aromatic carbocycles. The number of rotatable bonds is 4. The highest BCUT2D eigenvalue weighted by Crippen LogP contribution is 2.31. The summed E-state index contributed by atoms with van der Waals surface area (Å²) in [6.07, 6.45) is 0. The third kappa shape index (κ3) is 4.60. The monoisotopic (exact) mass is 463 g/mol. The van der Waals surface area contributed by atoms with E-state index in [4.69, 9.17) is 39.2 Å². The van der Waals surface area contributed by atoms with E-state index in [9.17, 15) is 4.79 Å². The highest BCUT2D eigenvalue weighted by atomic mass is 35.5. The maximum absolute atomic E-state index is 12.6. The van der Waals surface area contributed by atoms with Gasteiger partial charge in [0.05, 0.1) is 20.8 Å². The predicted molar refractivity (Wildman–Crippen MR) is 123 cm³/mol. The van der Waals surface area contributed by atoms with Crippen molar-refractivity contribution in [3.05, 3.63) is 69.4 Å². The van der Waals surface area contributed by atoms with Crippen LogP contribution in [0.1, 0.15) is 10.6 Å². The summed E-state index contributed by atoms with van der Waals surface area (Å²) in [7, 11) is 2.11. The van der Waals surface area contributed by atoms with Gasteiger partial charge in [-0.05, 0) is 55.6 Å². The molecule has 1 saturated heterocycles. The fourth-order valence-electron chi connectivity index (χ4n) is 3.35. The number of anilines is 2. The first-order valence-electron chi connectivity index (χ1n) is 9.50. The fourth-order valence-corrected chi connectivity index (χ4v) is 3.94. The fraction of sp³-hybridized carbons (Fsp3) is 0.227. The molecule has 30 heavy (non-hydrogen) atoms. The molecule has 5 nitrogen and oxygen atoms in total. The van der Waals surface area contributed by atoms with Crippen molar-refractivity contribution in [3.63, 3.8) is 0 Å². The first-order chi connectivity index (χ1) is 14.4. The van der Waals surface area contributed by atoms with E-state index in [0.29, 0.717) is 26.5 Å². The van der Waals surface area contributed by atoms with Gasteiger partial charge in [-0.25, -0.2) is 0 Å². The Bertz CT molecular complexity index is 1080. The van der Waals surface area contributed by atoms with Gasteiger partial charge in [-0.2, -0.15) is 0 Å². The average molecular weight is 465 g/mol. The lowest BCUT2D eigenvalue weighted by Gasteiger charge is -2.34. The molecule has 3 aromatic rings. The summed E-state index contributed by atoms with van der Waals surface area (Å²) in [6, 6.07) is 14.0. The van der Waals surface area contributed by atoms with Gasteiger partial charge in [0.25, 0.3) is 5.91 Å². The number of hydrogen-bond acceptors (Lipinski definition) is 4. The Kier molecular flexibility index (Phi) is 6.25. The molecule has 8 heteroatoms. The minimum Gasteiger partial charge on any atom is -0.451 e. The zero-order valence-electron chi connectivity index (χ0n) is 16.3. The topological polar surface area (TPSA) is 48.7 Å². The highest BCUT2D eigenvalue weighted by Gasteiger charge is 2.18. The standard InChI is InChI=1S/C22H20Cl3N3O2/c1-27-8-10-28(11-9-27)19-5-3-15(13-18(19)25)26-22(29)21-7-6-20(30-21)14-2-4-16(23)17(24)12-14/h2-7,12-13H,8-11H2,1H3,(H,26,29). The van der Waals surface area contributed by atoms with Crippen LogP contribution in [0.15, 0.2) is 52.9 Å². The summed E-state index contributed by atoms with van der Waals surface area (Å²) >= 11 is 18.5. The van der Waals surface area contributed by atoms with E-state index >= 15 is 0 Å². The van der Waals surface area contributed by atoms with Gasteiger partial charge in [-0.1, -0.05) is 34.8 Å². The molecule has 0 bridgehead atoms. The molecule has 4 rings (SSSR count). The minimum atomic E-state index is -0.357. The summed E-state index contributed by atoms with van der Waals surface area (Å²) in [5.74, 6) is 0.363. The van der Waals surface area contributed by atoms with Gasteiger partial charge < -0.3 is 19.5 Å². The number of benzene rings is 2. The van der Waals surface area contributed by atoms with Crippen molar-refractivity contribution >= 4 is 52.1 Å². The molecule has 1 aromatic heterocycles. The van der Waals surface area contributed by atoms with Crippen LogP contribution in [0, 0.1) is 0 Å². The van der Waals surface area contributed by atoms with Crippen LogP contribution in [0.5, 0.6) is 0 Å². The molecule has 0 radical (unpaired) electrons. The molecular weight excluding hydrogens is 445 g/mol. The summed E-state index contributed by atoms with van der Waals surface area (Å²) in [6.45, 7) is 3.83. The molecule has 1 amide bonds. The Morgan fingerprint density at radius 3 is 2.37 bits per heavy atom. The van der Waals surface area contributed by atoms with Gasteiger partial charge in [0, 0.05) is 37.4 Å². The number of furan rings is 1. The molecule has 0 spiro atoms. The lowest BCUT2D eigenvalue weighted by Crippen LogP contribution is -2.44. The number of likely N-dealkylation sites (N-methyl/N-ethyl adjacent to an activating group) is 1. The van der Waals surface area contributed by atoms with Crippen molar-refractivity contribution in [2.45, 2.75) is 0 Å². The Morgan fingerprint density at radius 1 is 0.900 bits per heavy atom. The Morgan fingerprint density at radius 2 is 1.67 bits per heavy atom. The second kappa shape index (κ2) is 8.90. The Balaban J connectivity index is 1.46. The van der Waals surface area contributed by atoms with Crippen molar-refractivity contribution in [1.82, 2.24) is 4.90 Å². The minimum absolute atomic E-state index is 0.190. The van der Waals surface area contributed by atoms with Crippen LogP contribution in [0.4, 0.5) is 11.4 Å². The number of halogens is 3. The molecule has 1 N–H and O–H groups in total. The van der Waals surface area contributed by atoms with E-state index in [2.05, 4.69) is 22.2 Å². The number of piperazine rings is 1. The molecule has 0 saturated carbocycles. The zero-order chi connectivity index (χ0) is 21.3. The lowest BCUT2D eigenvalue weighted by atomic mass is 10.2. The second-order valence-corrected chi connectivity index (χ2v) is 8.43. The predicted octanol–water partition coefficient (Wildman–Crippen LogP) is 5.91. The van der Waals surface area contributed by atoms with Crippen molar-refractivity contribution in [2.75, 3.05) is 43.4 Å². The average Bonchev–Trinajstić information content (AvgIpc) is 3.21. The maximum atomic E-state index is 12.6. The van der Waals surface area contributed by atoms with E-state index in [0.717, 1.165) is 37.4 Å². The quantitative estimate of drug-likeness (QED) is 0.521. The SMILES string of the molecule is CN1CCN(c2ccc(NC(=O)c3ccc(-c4ccc(Cl)c(Cl)c4)o3)cc2Cl)CC1. The number of amides is 1. The number of carbonyl (C=O) groups is 1. The number of nitrogens with zero attached hydrogens (tertiary/aromatic N) is 2. The van der Waals surface area contributed by atoms with Crippen LogP contribution >= 0.6 is 34.8 Å². The van der Waals surface area contributed by atoms with Crippen LogP contribution in [0.25, 0.3) is 11.3 Å². The first kappa shape index (κ1) is 21.1. The van der Waals surface area contributed by atoms with Gasteiger partial charge in [0.2, 0.25) is 0 Å². The van der Waals surface area contributed by atoms with Crippen LogP contribution in [0.3, 0.4) is 0 Å². The van der Waals surface area contributed by atoms with Crippen molar-refractivity contribution in [3.8, 4) is 11.3 Å². The lowest BCUT2D eigenvalue weighted by molar-refractivity contribution is 0.0997. The van der Waals surface area contributed by atoms with Gasteiger partial charge in [-0.3, -0.25) is 4.79 Å². The molecule has 0 atom stereocenters. The molecular formula is C22H20Cl3N3O2. The number of nitrogens with one attached hydrogen (secondary N) is 1. The first-order valence-corrected chi connectivity index (χ1v) is 10.6. The summed E-state index contributed by atoms with van der Waals surface area (Å²) in [5, 5.41) is 4.32. The third-order valence-corrected chi connectivity index (χ3v) is 6.13. The van der Waals surface area contributed by atoms with Crippen molar-refractivity contribution in [2.24, 2.45) is 0 Å². The van der Waals surface area contributed by atoms with Crippen molar-refractivity contribution < 1.29 is 9.21 Å². The zero-order valence-corrected chi connectivity index (χ0v) is 18.6. The van der Waals surface area contributed by atoms with E-state index in [1.165, 1.54) is 0 Å². The normalized spacial score (nSPS) is 14.7. The van der Waals surface area contributed by atoms with E-state index < -0.39 is 0 Å². The highest BCUT2D eigenvalue weighted by molar-refractivity contribution is 6.42. The molecule has 0 aliphatic carbocycles. The molecule has 2 heterocycles. The molecule has 1 fully saturated rings. The summed E-state index contributed by atoms with van der Waals surface area (Å²) in [4.78, 5) is 17.1. The molecule has 1 aliphatic heterocycles. The number of hydrogen-bond donors (Lipinski definition) is 1. The summed E-state index contributed by atoms with van der Waals surface area (Å²) in [5.41, 5.74) is 2.32. The second-order valence-electron chi connectivity index (χ2n) is 7.20. The molecule has 0 unspecified atom stereocenters. The van der Waals surface area contributed by atoms with Gasteiger partial charge >= 0.3 is 0 Å². The maximum Gasteiger partial charge on any atom is 0.291 e. The Hall–Kier alpha value is -2.18. The van der Waals surface area contributed by atoms with Gasteiger partial charge in [0.1, 0.15) is 5.76 Å². The smallest absolute Gasteiger partial charge is 0.291 e. The third-order valence-electron chi connectivity index (χ3n) is 5.08. The molecule has 156 valence electrons.